The van der Waals surface area contributed by atoms with Crippen LogP contribution in [0.5, 0.6) is 0 Å². The average molecular weight is 302 g/mol. The van der Waals surface area contributed by atoms with Gasteiger partial charge in [-0.2, -0.15) is 0 Å². The van der Waals surface area contributed by atoms with Crippen LogP contribution in [0.4, 0.5) is 23.7 Å². The van der Waals surface area contributed by atoms with E-state index in [9.17, 15) is 27.6 Å². The van der Waals surface area contributed by atoms with Gasteiger partial charge >= 0.3 is 12.0 Å². The highest BCUT2D eigenvalue weighted by Crippen LogP contribution is 2.25. The van der Waals surface area contributed by atoms with Gasteiger partial charge in [0.2, 0.25) is 0 Å². The molecule has 1 aromatic rings. The maximum atomic E-state index is 13.1. The molecule has 1 aromatic carbocycles. The van der Waals surface area contributed by atoms with Crippen molar-refractivity contribution in [3.63, 3.8) is 0 Å². The number of urea groups is 1. The van der Waals surface area contributed by atoms with Crippen molar-refractivity contribution >= 4 is 23.6 Å². The van der Waals surface area contributed by atoms with E-state index < -0.39 is 47.1 Å². The minimum absolute atomic E-state index is 0.164. The third-order valence-corrected chi connectivity index (χ3v) is 2.89. The first-order chi connectivity index (χ1) is 9.81. The lowest BCUT2D eigenvalue weighted by atomic mass is 10.1. The van der Waals surface area contributed by atoms with Crippen molar-refractivity contribution in [2.45, 2.75) is 18.9 Å². The maximum absolute atomic E-state index is 13.1. The number of amides is 3. The summed E-state index contributed by atoms with van der Waals surface area (Å²) in [6.07, 6.45) is -0.529. The molecular weight excluding hydrogens is 293 g/mol. The molecule has 1 fully saturated rings. The fourth-order valence-corrected chi connectivity index (χ4v) is 1.91. The molecule has 0 radical (unpaired) electrons. The number of hydrogen-bond acceptors (Lipinski definition) is 3. The summed E-state index contributed by atoms with van der Waals surface area (Å²) in [7, 11) is 0. The van der Waals surface area contributed by atoms with Crippen LogP contribution in [0.15, 0.2) is 12.1 Å². The number of carbonyl (C=O) groups is 3. The van der Waals surface area contributed by atoms with Gasteiger partial charge < -0.3 is 10.4 Å². The highest BCUT2D eigenvalue weighted by Gasteiger charge is 2.39. The summed E-state index contributed by atoms with van der Waals surface area (Å²) in [5, 5.41) is 10.7. The first-order valence-electron chi connectivity index (χ1n) is 5.82. The van der Waals surface area contributed by atoms with Gasteiger partial charge in [0.1, 0.15) is 6.04 Å². The van der Waals surface area contributed by atoms with E-state index in [1.165, 1.54) is 0 Å². The fourth-order valence-electron chi connectivity index (χ4n) is 1.91. The number of nitrogens with zero attached hydrogens (tertiary/aromatic N) is 1. The molecule has 1 aliphatic heterocycles. The summed E-state index contributed by atoms with van der Waals surface area (Å²) < 4.78 is 39.1. The van der Waals surface area contributed by atoms with Gasteiger partial charge in [0, 0.05) is 18.6 Å². The third kappa shape index (κ3) is 2.81. The van der Waals surface area contributed by atoms with E-state index in [4.69, 9.17) is 5.11 Å². The molecule has 3 amide bonds. The molecule has 1 atom stereocenters. The molecule has 6 nitrogen and oxygen atoms in total. The van der Waals surface area contributed by atoms with E-state index in [-0.39, 0.29) is 12.8 Å². The fraction of sp³-hybridized carbons (Fsp3) is 0.250. The Hall–Kier alpha value is -2.58. The molecule has 0 bridgehead atoms. The zero-order chi connectivity index (χ0) is 15.7. The number of carbonyl (C=O) groups excluding carboxylic acids is 2. The molecule has 2 N–H and O–H groups in total. The first-order valence-corrected chi connectivity index (χ1v) is 5.82. The largest absolute Gasteiger partial charge is 0.481 e. The molecular formula is C12H9F3N2O4. The summed E-state index contributed by atoms with van der Waals surface area (Å²) >= 11 is 0. The molecule has 2 rings (SSSR count). The third-order valence-electron chi connectivity index (χ3n) is 2.89. The summed E-state index contributed by atoms with van der Waals surface area (Å²) in [6.45, 7) is 0. The van der Waals surface area contributed by atoms with Crippen LogP contribution in [0.1, 0.15) is 12.8 Å². The zero-order valence-electron chi connectivity index (χ0n) is 10.4. The molecule has 9 heteroatoms. The Kier molecular flexibility index (Phi) is 3.83. The second-order valence-electron chi connectivity index (χ2n) is 4.33. The average Bonchev–Trinajstić information content (AvgIpc) is 2.68. The highest BCUT2D eigenvalue weighted by atomic mass is 19.2. The van der Waals surface area contributed by atoms with Crippen molar-refractivity contribution < 1.29 is 32.7 Å². The highest BCUT2D eigenvalue weighted by molar-refractivity contribution is 6.21. The monoisotopic (exact) mass is 302 g/mol. The van der Waals surface area contributed by atoms with Crippen LogP contribution in [0.3, 0.4) is 0 Å². The standard InChI is InChI=1S/C12H9F3N2O4/c13-6-3-5(4-7(14)10(6)15)17-11(20)8(16-12(17)21)1-2-9(18)19/h3-4,8H,1-2H2,(H,16,21)(H,18,19)/t8-/m1/s1. The normalized spacial score (nSPS) is 18.0. The number of carboxylic acid groups (broad SMARTS) is 1. The predicted octanol–water partition coefficient (Wildman–Crippen LogP) is 1.39. The topological polar surface area (TPSA) is 86.7 Å². The number of benzene rings is 1. The molecule has 21 heavy (non-hydrogen) atoms. The summed E-state index contributed by atoms with van der Waals surface area (Å²) in [6, 6.07) is -1.05. The summed E-state index contributed by atoms with van der Waals surface area (Å²) in [4.78, 5) is 34.5. The van der Waals surface area contributed by atoms with Gasteiger partial charge in [-0.05, 0) is 6.42 Å². The Morgan fingerprint density at radius 1 is 1.24 bits per heavy atom. The predicted molar refractivity (Wildman–Crippen MR) is 63.0 cm³/mol. The van der Waals surface area contributed by atoms with Crippen LogP contribution in [-0.2, 0) is 9.59 Å². The van der Waals surface area contributed by atoms with Gasteiger partial charge in [-0.15, -0.1) is 0 Å². The van der Waals surface area contributed by atoms with E-state index in [0.29, 0.717) is 17.0 Å². The number of nitrogens with one attached hydrogen (secondary N) is 1. The number of hydrogen-bond donors (Lipinski definition) is 2. The minimum Gasteiger partial charge on any atom is -0.481 e. The summed E-state index contributed by atoms with van der Waals surface area (Å²) in [5.74, 6) is -6.81. The first kappa shape index (κ1) is 14.8. The molecule has 0 saturated carbocycles. The Morgan fingerprint density at radius 3 is 2.33 bits per heavy atom. The molecule has 1 saturated heterocycles. The number of carboxylic acids is 1. The molecule has 0 spiro atoms. The van der Waals surface area contributed by atoms with Gasteiger partial charge in [-0.3, -0.25) is 9.59 Å². The van der Waals surface area contributed by atoms with Crippen molar-refractivity contribution in [3.05, 3.63) is 29.6 Å². The lowest BCUT2D eigenvalue weighted by molar-refractivity contribution is -0.137. The van der Waals surface area contributed by atoms with Crippen molar-refractivity contribution in [2.75, 3.05) is 4.90 Å². The second-order valence-corrected chi connectivity index (χ2v) is 4.33. The SMILES string of the molecule is O=C(O)CC[C@H]1NC(=O)N(c2cc(F)c(F)c(F)c2)C1=O. The van der Waals surface area contributed by atoms with Crippen LogP contribution in [-0.4, -0.2) is 29.1 Å². The van der Waals surface area contributed by atoms with Gasteiger partial charge in [-0.1, -0.05) is 0 Å². The summed E-state index contributed by atoms with van der Waals surface area (Å²) in [5.41, 5.74) is -0.466. The Bertz CT molecular complexity index is 612. The van der Waals surface area contributed by atoms with Gasteiger partial charge in [0.05, 0.1) is 5.69 Å². The molecule has 0 aliphatic carbocycles. The van der Waals surface area contributed by atoms with Crippen molar-refractivity contribution in [2.24, 2.45) is 0 Å². The number of imide groups is 1. The molecule has 1 aliphatic rings. The molecule has 0 aromatic heterocycles. The lowest BCUT2D eigenvalue weighted by Crippen LogP contribution is -2.31. The molecule has 112 valence electrons. The van der Waals surface area contributed by atoms with Crippen LogP contribution < -0.4 is 10.2 Å². The van der Waals surface area contributed by atoms with Crippen LogP contribution in [0, 0.1) is 17.5 Å². The maximum Gasteiger partial charge on any atom is 0.329 e. The Morgan fingerprint density at radius 2 is 1.81 bits per heavy atom. The van der Waals surface area contributed by atoms with Gasteiger partial charge in [0.25, 0.3) is 5.91 Å². The van der Waals surface area contributed by atoms with Crippen molar-refractivity contribution in [1.82, 2.24) is 5.32 Å². The zero-order valence-corrected chi connectivity index (χ0v) is 10.4. The molecule has 1 heterocycles. The van der Waals surface area contributed by atoms with E-state index in [0.717, 1.165) is 0 Å². The Balaban J connectivity index is 2.26. The van der Waals surface area contributed by atoms with Crippen molar-refractivity contribution in [1.29, 1.82) is 0 Å². The molecule has 0 unspecified atom stereocenters. The van der Waals surface area contributed by atoms with Crippen molar-refractivity contribution in [3.8, 4) is 0 Å². The lowest BCUT2D eigenvalue weighted by Gasteiger charge is -2.13. The van der Waals surface area contributed by atoms with Crippen LogP contribution in [0.25, 0.3) is 0 Å². The smallest absolute Gasteiger partial charge is 0.329 e. The van der Waals surface area contributed by atoms with E-state index in [1.807, 2.05) is 0 Å². The Labute approximate surface area is 116 Å². The van der Waals surface area contributed by atoms with Crippen LogP contribution >= 0.6 is 0 Å². The number of halogens is 3. The minimum atomic E-state index is -1.71. The van der Waals surface area contributed by atoms with Crippen LogP contribution in [0.2, 0.25) is 0 Å². The van der Waals surface area contributed by atoms with E-state index in [2.05, 4.69) is 5.32 Å². The van der Waals surface area contributed by atoms with Gasteiger partial charge in [-0.25, -0.2) is 22.9 Å². The number of rotatable bonds is 4. The van der Waals surface area contributed by atoms with E-state index in [1.54, 1.807) is 0 Å². The van der Waals surface area contributed by atoms with E-state index >= 15 is 0 Å². The quantitative estimate of drug-likeness (QED) is 0.650. The number of aliphatic carboxylic acids is 1. The van der Waals surface area contributed by atoms with Gasteiger partial charge in [0.15, 0.2) is 17.5 Å². The number of anilines is 1. The second kappa shape index (κ2) is 5.43.